The Kier molecular flexibility index (Phi) is 4.51. The average Bonchev–Trinajstić information content (AvgIpc) is 3.23. The number of carboxylic acid groups (broad SMARTS) is 1. The van der Waals surface area contributed by atoms with Crippen LogP contribution in [0.2, 0.25) is 0 Å². The molecule has 0 aromatic carbocycles. The maximum atomic E-state index is 11.8. The van der Waals surface area contributed by atoms with Gasteiger partial charge in [0.05, 0.1) is 0 Å². The molecule has 2 N–H and O–H groups in total. The lowest BCUT2D eigenvalue weighted by molar-refractivity contribution is -0.147. The van der Waals surface area contributed by atoms with Crippen LogP contribution in [0.5, 0.6) is 0 Å². The second-order valence-corrected chi connectivity index (χ2v) is 6.65. The van der Waals surface area contributed by atoms with Crippen molar-refractivity contribution >= 4 is 5.97 Å². The molecule has 0 bridgehead atoms. The van der Waals surface area contributed by atoms with Gasteiger partial charge in [0.1, 0.15) is 5.54 Å². The van der Waals surface area contributed by atoms with E-state index < -0.39 is 11.5 Å². The zero-order valence-corrected chi connectivity index (χ0v) is 12.5. The summed E-state index contributed by atoms with van der Waals surface area (Å²) in [5, 5.41) is 13.1. The van der Waals surface area contributed by atoms with Gasteiger partial charge in [-0.05, 0) is 57.0 Å². The summed E-state index contributed by atoms with van der Waals surface area (Å²) in [7, 11) is 2.07. The van der Waals surface area contributed by atoms with Gasteiger partial charge in [-0.15, -0.1) is 0 Å². The van der Waals surface area contributed by atoms with Crippen LogP contribution < -0.4 is 5.32 Å². The maximum absolute atomic E-state index is 11.8. The molecule has 0 aromatic heterocycles. The number of nitrogens with one attached hydrogen (secondary N) is 1. The van der Waals surface area contributed by atoms with Crippen molar-refractivity contribution in [3.8, 4) is 0 Å². The van der Waals surface area contributed by atoms with Gasteiger partial charge in [-0.1, -0.05) is 13.8 Å². The quantitative estimate of drug-likeness (QED) is 0.669. The predicted molar refractivity (Wildman–Crippen MR) is 76.2 cm³/mol. The number of hydrogen-bond acceptors (Lipinski definition) is 3. The van der Waals surface area contributed by atoms with Crippen molar-refractivity contribution in [1.29, 1.82) is 0 Å². The first-order valence-corrected chi connectivity index (χ1v) is 7.66. The van der Waals surface area contributed by atoms with Crippen LogP contribution >= 0.6 is 0 Å². The Morgan fingerprint density at radius 2 is 2.11 bits per heavy atom. The molecule has 0 radical (unpaired) electrons. The molecule has 0 spiro atoms. The number of nitrogens with zero attached hydrogens (tertiary/aromatic N) is 1. The molecule has 0 amide bonds. The molecular formula is C15H28N2O2. The molecule has 0 saturated heterocycles. The van der Waals surface area contributed by atoms with E-state index in [4.69, 9.17) is 0 Å². The third-order valence-electron chi connectivity index (χ3n) is 4.69. The van der Waals surface area contributed by atoms with Crippen molar-refractivity contribution in [2.45, 2.75) is 45.1 Å². The van der Waals surface area contributed by atoms with E-state index in [1.807, 2.05) is 0 Å². The van der Waals surface area contributed by atoms with Crippen LogP contribution in [0.4, 0.5) is 0 Å². The minimum atomic E-state index is -0.719. The average molecular weight is 268 g/mol. The molecule has 3 atom stereocenters. The number of likely N-dealkylation sites (N-methyl/N-ethyl adjacent to an activating group) is 1. The minimum absolute atomic E-state index is 0.315. The van der Waals surface area contributed by atoms with E-state index in [1.54, 1.807) is 0 Å². The molecule has 0 aliphatic heterocycles. The predicted octanol–water partition coefficient (Wildman–Crippen LogP) is 1.81. The molecule has 2 fully saturated rings. The fourth-order valence-corrected chi connectivity index (χ4v) is 3.12. The fourth-order valence-electron chi connectivity index (χ4n) is 3.12. The van der Waals surface area contributed by atoms with Crippen LogP contribution in [0.3, 0.4) is 0 Å². The van der Waals surface area contributed by atoms with Gasteiger partial charge >= 0.3 is 5.97 Å². The lowest BCUT2D eigenvalue weighted by Gasteiger charge is -2.35. The van der Waals surface area contributed by atoms with Crippen molar-refractivity contribution in [2.24, 2.45) is 17.8 Å². The molecule has 4 nitrogen and oxygen atoms in total. The Morgan fingerprint density at radius 1 is 1.47 bits per heavy atom. The van der Waals surface area contributed by atoms with Crippen molar-refractivity contribution < 1.29 is 9.90 Å². The smallest absolute Gasteiger partial charge is 0.325 e. The summed E-state index contributed by atoms with van der Waals surface area (Å²) < 4.78 is 0. The topological polar surface area (TPSA) is 52.6 Å². The SMILES string of the molecule is CCCNC(CN(C)CC1CC1C)(C(=O)O)C1CC1. The van der Waals surface area contributed by atoms with Crippen LogP contribution in [0, 0.1) is 17.8 Å². The molecule has 2 saturated carbocycles. The molecule has 3 unspecified atom stereocenters. The van der Waals surface area contributed by atoms with Gasteiger partial charge in [-0.25, -0.2) is 0 Å². The number of carboxylic acids is 1. The normalized spacial score (nSPS) is 29.3. The van der Waals surface area contributed by atoms with Crippen LogP contribution in [0.1, 0.15) is 39.5 Å². The molecule has 2 aliphatic rings. The van der Waals surface area contributed by atoms with Crippen molar-refractivity contribution in [2.75, 3.05) is 26.7 Å². The summed E-state index contributed by atoms with van der Waals surface area (Å²) in [5.74, 6) is 1.25. The first-order valence-electron chi connectivity index (χ1n) is 7.66. The highest BCUT2D eigenvalue weighted by atomic mass is 16.4. The van der Waals surface area contributed by atoms with Gasteiger partial charge in [-0.2, -0.15) is 0 Å². The zero-order valence-electron chi connectivity index (χ0n) is 12.5. The van der Waals surface area contributed by atoms with Crippen LogP contribution in [-0.4, -0.2) is 48.2 Å². The van der Waals surface area contributed by atoms with Crippen molar-refractivity contribution in [3.05, 3.63) is 0 Å². The lowest BCUT2D eigenvalue weighted by atomic mass is 9.92. The summed E-state index contributed by atoms with van der Waals surface area (Å²) >= 11 is 0. The Labute approximate surface area is 116 Å². The zero-order chi connectivity index (χ0) is 14.0. The highest BCUT2D eigenvalue weighted by Crippen LogP contribution is 2.42. The minimum Gasteiger partial charge on any atom is -0.480 e. The van der Waals surface area contributed by atoms with Crippen LogP contribution in [0.25, 0.3) is 0 Å². The van der Waals surface area contributed by atoms with E-state index in [-0.39, 0.29) is 0 Å². The largest absolute Gasteiger partial charge is 0.480 e. The molecule has 2 rings (SSSR count). The van der Waals surface area contributed by atoms with E-state index in [1.165, 1.54) is 6.42 Å². The van der Waals surface area contributed by atoms with E-state index in [0.29, 0.717) is 12.5 Å². The van der Waals surface area contributed by atoms with E-state index in [9.17, 15) is 9.90 Å². The summed E-state index contributed by atoms with van der Waals surface area (Å²) in [6, 6.07) is 0. The van der Waals surface area contributed by atoms with Gasteiger partial charge in [-0.3, -0.25) is 4.79 Å². The number of carbonyl (C=O) groups is 1. The van der Waals surface area contributed by atoms with E-state index in [2.05, 4.69) is 31.1 Å². The Balaban J connectivity index is 1.96. The lowest BCUT2D eigenvalue weighted by Crippen LogP contribution is -2.60. The van der Waals surface area contributed by atoms with Gasteiger partial charge in [0.25, 0.3) is 0 Å². The van der Waals surface area contributed by atoms with Crippen molar-refractivity contribution in [3.63, 3.8) is 0 Å². The second kappa shape index (κ2) is 5.80. The molecule has 19 heavy (non-hydrogen) atoms. The fraction of sp³-hybridized carbons (Fsp3) is 0.933. The molecule has 0 aromatic rings. The van der Waals surface area contributed by atoms with Crippen LogP contribution in [0.15, 0.2) is 0 Å². The molecular weight excluding hydrogens is 240 g/mol. The standard InChI is InChI=1S/C15H28N2O2/c1-4-7-16-15(14(18)19,13-5-6-13)10-17(3)9-12-8-11(12)2/h11-13,16H,4-10H2,1-3H3,(H,18,19). The molecule has 0 heterocycles. The molecule has 4 heteroatoms. The Hall–Kier alpha value is -0.610. The summed E-state index contributed by atoms with van der Waals surface area (Å²) in [4.78, 5) is 14.0. The van der Waals surface area contributed by atoms with Gasteiger partial charge in [0.2, 0.25) is 0 Å². The van der Waals surface area contributed by atoms with Crippen molar-refractivity contribution in [1.82, 2.24) is 10.2 Å². The van der Waals surface area contributed by atoms with E-state index in [0.717, 1.165) is 44.2 Å². The molecule has 110 valence electrons. The van der Waals surface area contributed by atoms with Gasteiger partial charge in [0.15, 0.2) is 0 Å². The summed E-state index contributed by atoms with van der Waals surface area (Å²) in [6.07, 6.45) is 4.38. The highest BCUT2D eigenvalue weighted by Gasteiger charge is 2.51. The molecule has 2 aliphatic carbocycles. The third kappa shape index (κ3) is 3.48. The van der Waals surface area contributed by atoms with Crippen LogP contribution in [-0.2, 0) is 4.79 Å². The maximum Gasteiger partial charge on any atom is 0.325 e. The third-order valence-corrected chi connectivity index (χ3v) is 4.69. The first kappa shape index (κ1) is 14.8. The van der Waals surface area contributed by atoms with Gasteiger partial charge < -0.3 is 15.3 Å². The summed E-state index contributed by atoms with van der Waals surface area (Å²) in [6.45, 7) is 6.82. The number of hydrogen-bond donors (Lipinski definition) is 2. The van der Waals surface area contributed by atoms with Gasteiger partial charge in [0, 0.05) is 13.1 Å². The Morgan fingerprint density at radius 3 is 2.53 bits per heavy atom. The first-order chi connectivity index (χ1) is 8.99. The number of aliphatic carboxylic acids is 1. The Bertz CT molecular complexity index is 330. The highest BCUT2D eigenvalue weighted by molar-refractivity contribution is 5.80. The second-order valence-electron chi connectivity index (χ2n) is 6.65. The monoisotopic (exact) mass is 268 g/mol. The number of rotatable bonds is 9. The van der Waals surface area contributed by atoms with E-state index >= 15 is 0 Å². The summed E-state index contributed by atoms with van der Waals surface area (Å²) in [5.41, 5.74) is -0.719.